The molecule has 8 nitrogen and oxygen atoms in total. The average molecular weight is 396 g/mol. The Morgan fingerprint density at radius 3 is 2.89 bits per heavy atom. The van der Waals surface area contributed by atoms with Crippen LogP contribution >= 0.6 is 11.3 Å². The van der Waals surface area contributed by atoms with Gasteiger partial charge in [0.15, 0.2) is 5.65 Å². The number of amides is 1. The summed E-state index contributed by atoms with van der Waals surface area (Å²) in [7, 11) is 0. The van der Waals surface area contributed by atoms with E-state index in [0.29, 0.717) is 24.4 Å². The Balaban J connectivity index is 0.00000192. The van der Waals surface area contributed by atoms with E-state index in [4.69, 9.17) is 0 Å². The molecule has 1 fully saturated rings. The number of likely N-dealkylation sites (tertiary alicyclic amines) is 1. The normalized spacial score (nSPS) is 16.5. The van der Waals surface area contributed by atoms with Crippen LogP contribution in [0.1, 0.15) is 23.5 Å². The predicted molar refractivity (Wildman–Crippen MR) is 107 cm³/mol. The van der Waals surface area contributed by atoms with Crippen molar-refractivity contribution in [1.82, 2.24) is 29.7 Å². The van der Waals surface area contributed by atoms with Crippen LogP contribution in [0.3, 0.4) is 0 Å². The number of nitrogens with zero attached hydrogens (tertiary/aromatic N) is 5. The van der Waals surface area contributed by atoms with Crippen LogP contribution in [0.4, 0.5) is 0 Å². The number of fused-ring (bicyclic) bond motifs is 1. The van der Waals surface area contributed by atoms with E-state index in [1.54, 1.807) is 34.2 Å². The molecule has 5 rings (SSSR count). The van der Waals surface area contributed by atoms with Gasteiger partial charge in [-0.2, -0.15) is 10.2 Å². The van der Waals surface area contributed by atoms with E-state index in [-0.39, 0.29) is 13.3 Å². The molecule has 9 heteroatoms. The smallest absolute Gasteiger partial charge is 0.264 e. The van der Waals surface area contributed by atoms with E-state index in [0.717, 1.165) is 27.9 Å². The summed E-state index contributed by atoms with van der Waals surface area (Å²) in [6.45, 7) is 1.00. The van der Waals surface area contributed by atoms with Crippen LogP contribution in [0.25, 0.3) is 27.9 Å². The van der Waals surface area contributed by atoms with E-state index in [1.165, 1.54) is 11.3 Å². The molecule has 4 aromatic rings. The summed E-state index contributed by atoms with van der Waals surface area (Å²) in [6.07, 6.45) is 9.22. The second kappa shape index (κ2) is 7.17. The van der Waals surface area contributed by atoms with Gasteiger partial charge in [0.2, 0.25) is 0 Å². The van der Waals surface area contributed by atoms with Gasteiger partial charge in [0.05, 0.1) is 23.4 Å². The highest BCUT2D eigenvalue weighted by atomic mass is 32.1. The molecule has 0 unspecified atom stereocenters. The maximum atomic E-state index is 12.6. The lowest BCUT2D eigenvalue weighted by molar-refractivity contribution is 0.0769. The van der Waals surface area contributed by atoms with E-state index in [2.05, 4.69) is 20.3 Å². The number of thiophene rings is 1. The summed E-state index contributed by atoms with van der Waals surface area (Å²) < 4.78 is 1.73. The first-order chi connectivity index (χ1) is 13.2. The lowest BCUT2D eigenvalue weighted by Gasteiger charge is -2.13. The van der Waals surface area contributed by atoms with E-state index >= 15 is 0 Å². The maximum absolute atomic E-state index is 12.6. The van der Waals surface area contributed by atoms with Gasteiger partial charge in [0.25, 0.3) is 5.91 Å². The van der Waals surface area contributed by atoms with Gasteiger partial charge in [-0.15, -0.1) is 11.3 Å². The number of hydrogen-bond donors (Lipinski definition) is 2. The standard InChI is InChI=1S/C18H16N6O2S.CH4/c25-14-1-2-23(9-14)18(26)16-3-11(10-27-16)15-7-22-24-8-13(4-19-17(15)24)12-5-20-21-6-12;/h3-8,10,14,25H,1-2,9H2,(H,20,21);1H4/t14-;/m1./s1. The topological polar surface area (TPSA) is 99.4 Å². The van der Waals surface area contributed by atoms with Gasteiger partial charge >= 0.3 is 0 Å². The molecule has 28 heavy (non-hydrogen) atoms. The average Bonchev–Trinajstić information content (AvgIpc) is 3.45. The van der Waals surface area contributed by atoms with Gasteiger partial charge in [0.1, 0.15) is 0 Å². The van der Waals surface area contributed by atoms with Crippen molar-refractivity contribution in [1.29, 1.82) is 0 Å². The number of H-pyrrole nitrogens is 1. The molecule has 1 amide bonds. The summed E-state index contributed by atoms with van der Waals surface area (Å²) in [4.78, 5) is 19.5. The number of aromatic amines is 1. The Kier molecular flexibility index (Phi) is 4.70. The van der Waals surface area contributed by atoms with Gasteiger partial charge in [-0.1, -0.05) is 7.43 Å². The second-order valence-electron chi connectivity index (χ2n) is 6.55. The number of carbonyl (C=O) groups is 1. The molecule has 144 valence electrons. The zero-order chi connectivity index (χ0) is 18.4. The highest BCUT2D eigenvalue weighted by Crippen LogP contribution is 2.30. The van der Waals surface area contributed by atoms with Gasteiger partial charge in [-0.05, 0) is 23.4 Å². The summed E-state index contributed by atoms with van der Waals surface area (Å²) in [5.74, 6) is -0.0329. The number of hydrogen-bond acceptors (Lipinski definition) is 6. The third-order valence-corrected chi connectivity index (χ3v) is 5.68. The van der Waals surface area contributed by atoms with Crippen LogP contribution in [0, 0.1) is 0 Å². The van der Waals surface area contributed by atoms with Crippen molar-refractivity contribution in [2.45, 2.75) is 20.0 Å². The van der Waals surface area contributed by atoms with E-state index < -0.39 is 6.10 Å². The van der Waals surface area contributed by atoms with Crippen LogP contribution in [-0.4, -0.2) is 59.9 Å². The number of rotatable bonds is 3. The molecule has 1 aliphatic heterocycles. The van der Waals surface area contributed by atoms with Gasteiger partial charge in [-0.25, -0.2) is 9.50 Å². The fourth-order valence-corrected chi connectivity index (χ4v) is 4.18. The number of aromatic nitrogens is 5. The van der Waals surface area contributed by atoms with Crippen molar-refractivity contribution in [3.63, 3.8) is 0 Å². The highest BCUT2D eigenvalue weighted by Gasteiger charge is 2.26. The van der Waals surface area contributed by atoms with Crippen LogP contribution in [-0.2, 0) is 0 Å². The molecular formula is C19H20N6O2S. The minimum absolute atomic E-state index is 0. The van der Waals surface area contributed by atoms with Crippen molar-refractivity contribution in [3.8, 4) is 22.3 Å². The predicted octanol–water partition coefficient (Wildman–Crippen LogP) is 2.69. The van der Waals surface area contributed by atoms with E-state index in [9.17, 15) is 9.90 Å². The molecule has 0 bridgehead atoms. The number of carbonyl (C=O) groups excluding carboxylic acids is 1. The Bertz CT molecular complexity index is 1120. The van der Waals surface area contributed by atoms with Crippen LogP contribution in [0.5, 0.6) is 0 Å². The van der Waals surface area contributed by atoms with Crippen LogP contribution < -0.4 is 0 Å². The lowest BCUT2D eigenvalue weighted by atomic mass is 10.1. The van der Waals surface area contributed by atoms with Crippen molar-refractivity contribution in [2.75, 3.05) is 13.1 Å². The zero-order valence-corrected chi connectivity index (χ0v) is 15.1. The first-order valence-electron chi connectivity index (χ1n) is 8.58. The Morgan fingerprint density at radius 2 is 2.14 bits per heavy atom. The third-order valence-electron chi connectivity index (χ3n) is 4.76. The molecule has 5 heterocycles. The summed E-state index contributed by atoms with van der Waals surface area (Å²) in [6, 6.07) is 1.88. The third kappa shape index (κ3) is 3.08. The molecule has 0 aliphatic carbocycles. The zero-order valence-electron chi connectivity index (χ0n) is 14.2. The monoisotopic (exact) mass is 396 g/mol. The fraction of sp³-hybridized carbons (Fsp3) is 0.263. The number of aliphatic hydroxyl groups excluding tert-OH is 1. The van der Waals surface area contributed by atoms with Crippen molar-refractivity contribution >= 4 is 22.9 Å². The van der Waals surface area contributed by atoms with Crippen molar-refractivity contribution < 1.29 is 9.90 Å². The van der Waals surface area contributed by atoms with Crippen LogP contribution in [0.2, 0.25) is 0 Å². The number of aliphatic hydroxyl groups is 1. The van der Waals surface area contributed by atoms with Crippen molar-refractivity contribution in [3.05, 3.63) is 47.3 Å². The molecule has 0 aromatic carbocycles. The molecule has 4 aromatic heterocycles. The molecular weight excluding hydrogens is 376 g/mol. The minimum Gasteiger partial charge on any atom is -0.391 e. The SMILES string of the molecule is C.O=C(c1cc(-c2cnn3cc(-c4cn[nH]c4)cnc23)cs1)N1CC[C@@H](O)C1. The summed E-state index contributed by atoms with van der Waals surface area (Å²) in [5.41, 5.74) is 4.39. The fourth-order valence-electron chi connectivity index (χ4n) is 3.31. The Labute approximate surface area is 165 Å². The molecule has 1 atom stereocenters. The maximum Gasteiger partial charge on any atom is 0.264 e. The second-order valence-corrected chi connectivity index (χ2v) is 7.46. The Hall–Kier alpha value is -3.04. The van der Waals surface area contributed by atoms with Gasteiger partial charge in [-0.3, -0.25) is 9.89 Å². The lowest BCUT2D eigenvalue weighted by Crippen LogP contribution is -2.28. The molecule has 0 radical (unpaired) electrons. The molecule has 1 saturated heterocycles. The molecule has 0 spiro atoms. The minimum atomic E-state index is -0.415. The van der Waals surface area contributed by atoms with Crippen LogP contribution in [0.15, 0.2) is 42.4 Å². The van der Waals surface area contributed by atoms with Crippen molar-refractivity contribution in [2.24, 2.45) is 0 Å². The summed E-state index contributed by atoms with van der Waals surface area (Å²) in [5, 5.41) is 22.7. The number of β-amino-alcohol motifs (C(OH)–C–C–N with tert-alkyl or cyclic N) is 1. The molecule has 2 N–H and O–H groups in total. The summed E-state index contributed by atoms with van der Waals surface area (Å²) >= 11 is 1.40. The molecule has 0 saturated carbocycles. The van der Waals surface area contributed by atoms with Gasteiger partial charge in [0, 0.05) is 48.4 Å². The molecule has 1 aliphatic rings. The number of nitrogens with one attached hydrogen (secondary N) is 1. The quantitative estimate of drug-likeness (QED) is 0.555. The first-order valence-corrected chi connectivity index (χ1v) is 9.46. The Morgan fingerprint density at radius 1 is 1.25 bits per heavy atom. The largest absolute Gasteiger partial charge is 0.391 e. The highest BCUT2D eigenvalue weighted by molar-refractivity contribution is 7.12. The van der Waals surface area contributed by atoms with Gasteiger partial charge < -0.3 is 10.0 Å². The van der Waals surface area contributed by atoms with E-state index in [1.807, 2.05) is 17.6 Å². The first kappa shape index (κ1) is 18.3.